The standard InChI is InChI=1S/C18H15Cl2N3O2S/c1-9(2)16(24)23-18(26)21-12-5-3-10(4-6-12)17-22-14-8-11(19)7-13(20)15(14)25-17/h3-9H,1-2H3,(H2,21,23,24,26). The summed E-state index contributed by atoms with van der Waals surface area (Å²) in [4.78, 5) is 16.1. The molecule has 0 aliphatic carbocycles. The molecule has 8 heteroatoms. The summed E-state index contributed by atoms with van der Waals surface area (Å²) in [7, 11) is 0. The molecule has 0 fully saturated rings. The third-order valence-electron chi connectivity index (χ3n) is 3.56. The summed E-state index contributed by atoms with van der Waals surface area (Å²) in [5.74, 6) is 0.157. The summed E-state index contributed by atoms with van der Waals surface area (Å²) in [6.45, 7) is 3.60. The Morgan fingerprint density at radius 1 is 1.19 bits per heavy atom. The molecule has 5 nitrogen and oxygen atoms in total. The molecule has 0 aliphatic rings. The molecule has 0 saturated heterocycles. The quantitative estimate of drug-likeness (QED) is 0.578. The Kier molecular flexibility index (Phi) is 5.46. The molecule has 2 aromatic carbocycles. The van der Waals surface area contributed by atoms with Crippen LogP contribution in [0.15, 0.2) is 40.8 Å². The van der Waals surface area contributed by atoms with Crippen molar-refractivity contribution in [2.45, 2.75) is 13.8 Å². The van der Waals surface area contributed by atoms with Crippen molar-refractivity contribution in [3.63, 3.8) is 0 Å². The van der Waals surface area contributed by atoms with Crippen LogP contribution in [-0.2, 0) is 4.79 Å². The predicted molar refractivity (Wildman–Crippen MR) is 109 cm³/mol. The fraction of sp³-hybridized carbons (Fsp3) is 0.167. The lowest BCUT2D eigenvalue weighted by Gasteiger charge is -2.11. The van der Waals surface area contributed by atoms with Gasteiger partial charge in [-0.3, -0.25) is 4.79 Å². The Bertz CT molecular complexity index is 984. The molecule has 134 valence electrons. The third kappa shape index (κ3) is 4.15. The van der Waals surface area contributed by atoms with Gasteiger partial charge in [0.25, 0.3) is 0 Å². The van der Waals surface area contributed by atoms with Gasteiger partial charge in [-0.2, -0.15) is 0 Å². The van der Waals surface area contributed by atoms with Crippen LogP contribution in [0.25, 0.3) is 22.6 Å². The Hall–Kier alpha value is -2.15. The molecular weight excluding hydrogens is 393 g/mol. The number of rotatable bonds is 3. The minimum absolute atomic E-state index is 0.138. The van der Waals surface area contributed by atoms with Gasteiger partial charge in [-0.1, -0.05) is 37.0 Å². The van der Waals surface area contributed by atoms with Gasteiger partial charge in [0.2, 0.25) is 11.8 Å². The third-order valence-corrected chi connectivity index (χ3v) is 4.26. The van der Waals surface area contributed by atoms with Crippen molar-refractivity contribution >= 4 is 63.2 Å². The van der Waals surface area contributed by atoms with Crippen LogP contribution in [0.3, 0.4) is 0 Å². The van der Waals surface area contributed by atoms with Crippen molar-refractivity contribution in [2.24, 2.45) is 5.92 Å². The van der Waals surface area contributed by atoms with Crippen LogP contribution in [0.1, 0.15) is 13.8 Å². The number of oxazole rings is 1. The lowest BCUT2D eigenvalue weighted by atomic mass is 10.2. The molecule has 1 amide bonds. The molecule has 0 atom stereocenters. The lowest BCUT2D eigenvalue weighted by Crippen LogP contribution is -2.36. The number of anilines is 1. The monoisotopic (exact) mass is 407 g/mol. The molecule has 0 bridgehead atoms. The number of nitrogens with one attached hydrogen (secondary N) is 2. The average Bonchev–Trinajstić information content (AvgIpc) is 2.99. The largest absolute Gasteiger partial charge is 0.435 e. The molecule has 0 unspecified atom stereocenters. The van der Waals surface area contributed by atoms with Crippen LogP contribution in [0.2, 0.25) is 10.0 Å². The number of carbonyl (C=O) groups is 1. The van der Waals surface area contributed by atoms with E-state index in [2.05, 4.69) is 15.6 Å². The summed E-state index contributed by atoms with van der Waals surface area (Å²) in [5, 5.41) is 6.75. The molecule has 0 spiro atoms. The zero-order chi connectivity index (χ0) is 18.8. The Morgan fingerprint density at radius 3 is 2.54 bits per heavy atom. The van der Waals surface area contributed by atoms with Crippen LogP contribution in [0.4, 0.5) is 5.69 Å². The minimum atomic E-state index is -0.142. The van der Waals surface area contributed by atoms with E-state index in [0.29, 0.717) is 27.0 Å². The Labute approximate surface area is 165 Å². The first kappa shape index (κ1) is 18.6. The molecule has 0 saturated carbocycles. The molecule has 0 radical (unpaired) electrons. The molecule has 26 heavy (non-hydrogen) atoms. The van der Waals surface area contributed by atoms with E-state index in [4.69, 9.17) is 39.8 Å². The number of amides is 1. The number of carbonyl (C=O) groups excluding carboxylic acids is 1. The highest BCUT2D eigenvalue weighted by molar-refractivity contribution is 7.80. The second-order valence-electron chi connectivity index (χ2n) is 5.93. The number of hydrogen-bond donors (Lipinski definition) is 2. The lowest BCUT2D eigenvalue weighted by molar-refractivity contribution is -0.122. The minimum Gasteiger partial charge on any atom is -0.435 e. The van der Waals surface area contributed by atoms with Crippen molar-refractivity contribution in [2.75, 3.05) is 5.32 Å². The Balaban J connectivity index is 1.76. The Morgan fingerprint density at radius 2 is 1.88 bits per heavy atom. The number of hydrogen-bond acceptors (Lipinski definition) is 4. The second-order valence-corrected chi connectivity index (χ2v) is 7.18. The number of fused-ring (bicyclic) bond motifs is 1. The van der Waals surface area contributed by atoms with E-state index in [-0.39, 0.29) is 16.9 Å². The highest BCUT2D eigenvalue weighted by Crippen LogP contribution is 2.32. The zero-order valence-electron chi connectivity index (χ0n) is 14.0. The van der Waals surface area contributed by atoms with Gasteiger partial charge in [0.05, 0.1) is 5.02 Å². The van der Waals surface area contributed by atoms with E-state index in [1.807, 2.05) is 24.3 Å². The van der Waals surface area contributed by atoms with Gasteiger partial charge in [0.1, 0.15) is 5.52 Å². The number of thiocarbonyl (C=S) groups is 1. The maximum atomic E-state index is 11.6. The van der Waals surface area contributed by atoms with Crippen LogP contribution >= 0.6 is 35.4 Å². The zero-order valence-corrected chi connectivity index (χ0v) is 16.3. The van der Waals surface area contributed by atoms with Crippen molar-refractivity contribution in [3.8, 4) is 11.5 Å². The number of halogens is 2. The van der Waals surface area contributed by atoms with E-state index in [0.717, 1.165) is 11.3 Å². The van der Waals surface area contributed by atoms with Crippen molar-refractivity contribution in [3.05, 3.63) is 46.4 Å². The predicted octanol–water partition coefficient (Wildman–Crippen LogP) is 5.27. The highest BCUT2D eigenvalue weighted by atomic mass is 35.5. The van der Waals surface area contributed by atoms with Crippen molar-refractivity contribution < 1.29 is 9.21 Å². The average molecular weight is 408 g/mol. The second kappa shape index (κ2) is 7.61. The first-order chi connectivity index (χ1) is 12.3. The number of aromatic nitrogens is 1. The summed E-state index contributed by atoms with van der Waals surface area (Å²) < 4.78 is 5.73. The normalized spacial score (nSPS) is 11.0. The summed E-state index contributed by atoms with van der Waals surface area (Å²) in [6.07, 6.45) is 0. The van der Waals surface area contributed by atoms with E-state index in [1.54, 1.807) is 26.0 Å². The van der Waals surface area contributed by atoms with Gasteiger partial charge < -0.3 is 15.1 Å². The SMILES string of the molecule is CC(C)C(=O)NC(=S)Nc1ccc(-c2nc3cc(Cl)cc(Cl)c3o2)cc1. The van der Waals surface area contributed by atoms with Gasteiger partial charge >= 0.3 is 0 Å². The first-order valence-corrected chi connectivity index (χ1v) is 8.98. The van der Waals surface area contributed by atoms with Crippen molar-refractivity contribution in [1.82, 2.24) is 10.3 Å². The highest BCUT2D eigenvalue weighted by Gasteiger charge is 2.13. The first-order valence-electron chi connectivity index (χ1n) is 7.81. The van der Waals surface area contributed by atoms with Gasteiger partial charge in [-0.05, 0) is 48.6 Å². The van der Waals surface area contributed by atoms with E-state index in [1.165, 1.54) is 0 Å². The summed E-state index contributed by atoms with van der Waals surface area (Å²) in [5.41, 5.74) is 2.60. The number of benzene rings is 2. The topological polar surface area (TPSA) is 67.2 Å². The van der Waals surface area contributed by atoms with Crippen molar-refractivity contribution in [1.29, 1.82) is 0 Å². The molecule has 3 aromatic rings. The van der Waals surface area contributed by atoms with Crippen LogP contribution < -0.4 is 10.6 Å². The van der Waals surface area contributed by atoms with Gasteiger partial charge in [-0.15, -0.1) is 0 Å². The maximum absolute atomic E-state index is 11.6. The maximum Gasteiger partial charge on any atom is 0.228 e. The van der Waals surface area contributed by atoms with E-state index < -0.39 is 0 Å². The van der Waals surface area contributed by atoms with Gasteiger partial charge in [-0.25, -0.2) is 4.98 Å². The van der Waals surface area contributed by atoms with E-state index >= 15 is 0 Å². The summed E-state index contributed by atoms with van der Waals surface area (Å²) >= 11 is 17.2. The van der Waals surface area contributed by atoms with E-state index in [9.17, 15) is 4.79 Å². The smallest absolute Gasteiger partial charge is 0.228 e. The molecule has 1 aromatic heterocycles. The van der Waals surface area contributed by atoms with Crippen LogP contribution in [-0.4, -0.2) is 16.0 Å². The summed E-state index contributed by atoms with van der Waals surface area (Å²) in [6, 6.07) is 10.6. The van der Waals surface area contributed by atoms with Gasteiger partial charge in [0, 0.05) is 22.2 Å². The number of nitrogens with zero attached hydrogens (tertiary/aromatic N) is 1. The molecular formula is C18H15Cl2N3O2S. The molecule has 0 aliphatic heterocycles. The molecule has 2 N–H and O–H groups in total. The fourth-order valence-corrected chi connectivity index (χ4v) is 2.94. The fourth-order valence-electron chi connectivity index (χ4n) is 2.20. The van der Waals surface area contributed by atoms with Crippen LogP contribution in [0, 0.1) is 5.92 Å². The van der Waals surface area contributed by atoms with Gasteiger partial charge in [0.15, 0.2) is 10.7 Å². The van der Waals surface area contributed by atoms with Crippen LogP contribution in [0.5, 0.6) is 0 Å². The molecule has 1 heterocycles. The molecule has 3 rings (SSSR count).